The second kappa shape index (κ2) is 6.57. The number of benzene rings is 1. The molecule has 1 saturated heterocycles. The number of nitrogens with one attached hydrogen (secondary N) is 2. The molecule has 1 aliphatic rings. The number of rotatable bonds is 4. The number of hydrogen-bond acceptors (Lipinski definition) is 4. The summed E-state index contributed by atoms with van der Waals surface area (Å²) in [6, 6.07) is 9.31. The molecule has 2 N–H and O–H groups in total. The van der Waals surface area contributed by atoms with Gasteiger partial charge in [-0.3, -0.25) is 14.4 Å². The van der Waals surface area contributed by atoms with Crippen molar-refractivity contribution in [2.24, 2.45) is 0 Å². The minimum Gasteiger partial charge on any atom is -0.495 e. The molecular formula is C17H17N3O4. The lowest BCUT2D eigenvalue weighted by Gasteiger charge is -2.19. The maximum Gasteiger partial charge on any atom is 0.252 e. The number of ether oxygens (including phenoxy) is 1. The van der Waals surface area contributed by atoms with Crippen LogP contribution in [0.4, 0.5) is 5.69 Å². The third-order valence-electron chi connectivity index (χ3n) is 3.92. The molecule has 1 aromatic heterocycles. The molecule has 1 atom stereocenters. The molecule has 3 rings (SSSR count). The summed E-state index contributed by atoms with van der Waals surface area (Å²) in [6.45, 7) is 0.486. The lowest BCUT2D eigenvalue weighted by molar-refractivity contribution is -0.118. The molecule has 7 heteroatoms. The number of para-hydroxylation sites is 2. The SMILES string of the molecule is COc1ccccc1N1CC[C@@H](NC(=O)c2cc[nH]c(=O)c2)C1=O. The van der Waals surface area contributed by atoms with Crippen LogP contribution in [0.1, 0.15) is 16.8 Å². The largest absolute Gasteiger partial charge is 0.495 e. The number of aromatic nitrogens is 1. The first kappa shape index (κ1) is 15.8. The quantitative estimate of drug-likeness (QED) is 0.873. The molecule has 0 spiro atoms. The van der Waals surface area contributed by atoms with Crippen LogP contribution in [0.2, 0.25) is 0 Å². The molecular weight excluding hydrogens is 310 g/mol. The summed E-state index contributed by atoms with van der Waals surface area (Å²) in [5.41, 5.74) is 0.538. The van der Waals surface area contributed by atoms with Crippen LogP contribution in [0.25, 0.3) is 0 Å². The molecule has 2 aromatic rings. The van der Waals surface area contributed by atoms with Gasteiger partial charge < -0.3 is 19.9 Å². The number of carbonyl (C=O) groups is 2. The van der Waals surface area contributed by atoms with E-state index >= 15 is 0 Å². The topological polar surface area (TPSA) is 91.5 Å². The first-order valence-electron chi connectivity index (χ1n) is 7.54. The van der Waals surface area contributed by atoms with Gasteiger partial charge >= 0.3 is 0 Å². The van der Waals surface area contributed by atoms with Crippen molar-refractivity contribution in [2.45, 2.75) is 12.5 Å². The summed E-state index contributed by atoms with van der Waals surface area (Å²) in [7, 11) is 1.55. The van der Waals surface area contributed by atoms with E-state index in [0.29, 0.717) is 24.4 Å². The Balaban J connectivity index is 1.75. The molecule has 2 heterocycles. The molecule has 0 unspecified atom stereocenters. The molecule has 0 bridgehead atoms. The monoisotopic (exact) mass is 327 g/mol. The first-order chi connectivity index (χ1) is 11.6. The lowest BCUT2D eigenvalue weighted by Crippen LogP contribution is -2.41. The van der Waals surface area contributed by atoms with Crippen molar-refractivity contribution < 1.29 is 14.3 Å². The Morgan fingerprint density at radius 1 is 1.29 bits per heavy atom. The van der Waals surface area contributed by atoms with Gasteiger partial charge in [-0.05, 0) is 24.6 Å². The summed E-state index contributed by atoms with van der Waals surface area (Å²) in [5, 5.41) is 2.69. The Morgan fingerprint density at radius 3 is 2.83 bits per heavy atom. The number of nitrogens with zero attached hydrogens (tertiary/aromatic N) is 1. The highest BCUT2D eigenvalue weighted by Gasteiger charge is 2.34. The van der Waals surface area contributed by atoms with Gasteiger partial charge in [0.15, 0.2) is 0 Å². The minimum absolute atomic E-state index is 0.197. The average molecular weight is 327 g/mol. The molecule has 1 aliphatic heterocycles. The van der Waals surface area contributed by atoms with Gasteiger partial charge in [-0.1, -0.05) is 12.1 Å². The predicted octanol–water partition coefficient (Wildman–Crippen LogP) is 0.919. The number of aromatic amines is 1. The summed E-state index contributed by atoms with van der Waals surface area (Å²) in [4.78, 5) is 40.1. The number of anilines is 1. The molecule has 0 saturated carbocycles. The Labute approximate surface area is 138 Å². The maximum atomic E-state index is 12.6. The number of carbonyl (C=O) groups excluding carboxylic acids is 2. The summed E-state index contributed by atoms with van der Waals surface area (Å²) < 4.78 is 5.29. The number of methoxy groups -OCH3 is 1. The fourth-order valence-electron chi connectivity index (χ4n) is 2.73. The third-order valence-corrected chi connectivity index (χ3v) is 3.92. The van der Waals surface area contributed by atoms with Crippen molar-refractivity contribution in [3.05, 3.63) is 58.5 Å². The first-order valence-corrected chi connectivity index (χ1v) is 7.54. The fourth-order valence-corrected chi connectivity index (χ4v) is 2.73. The van der Waals surface area contributed by atoms with E-state index in [9.17, 15) is 14.4 Å². The van der Waals surface area contributed by atoms with Gasteiger partial charge in [-0.25, -0.2) is 0 Å². The van der Waals surface area contributed by atoms with Crippen LogP contribution >= 0.6 is 0 Å². The van der Waals surface area contributed by atoms with Crippen molar-refractivity contribution >= 4 is 17.5 Å². The van der Waals surface area contributed by atoms with E-state index in [-0.39, 0.29) is 17.0 Å². The lowest BCUT2D eigenvalue weighted by atomic mass is 10.2. The van der Waals surface area contributed by atoms with Crippen LogP contribution in [0.3, 0.4) is 0 Å². The van der Waals surface area contributed by atoms with Crippen molar-refractivity contribution in [1.29, 1.82) is 0 Å². The van der Waals surface area contributed by atoms with Crippen molar-refractivity contribution in [2.75, 3.05) is 18.6 Å². The van der Waals surface area contributed by atoms with Gasteiger partial charge in [-0.15, -0.1) is 0 Å². The molecule has 1 fully saturated rings. The predicted molar refractivity (Wildman–Crippen MR) is 88.3 cm³/mol. The third kappa shape index (κ3) is 3.01. The molecule has 24 heavy (non-hydrogen) atoms. The van der Waals surface area contributed by atoms with E-state index in [1.807, 2.05) is 12.1 Å². The van der Waals surface area contributed by atoms with Gasteiger partial charge in [0.05, 0.1) is 12.8 Å². The Bertz CT molecular complexity index is 830. The molecule has 2 amide bonds. The van der Waals surface area contributed by atoms with Crippen molar-refractivity contribution in [1.82, 2.24) is 10.3 Å². The Kier molecular flexibility index (Phi) is 4.33. The second-order valence-electron chi connectivity index (χ2n) is 5.42. The van der Waals surface area contributed by atoms with Crippen LogP contribution in [0.5, 0.6) is 5.75 Å². The molecule has 1 aromatic carbocycles. The standard InChI is InChI=1S/C17H17N3O4/c1-24-14-5-3-2-4-13(14)20-9-7-12(17(20)23)19-16(22)11-6-8-18-15(21)10-11/h2-6,8,10,12H,7,9H2,1H3,(H,18,21)(H,19,22)/t12-/m1/s1. The number of amides is 2. The normalized spacial score (nSPS) is 17.0. The van der Waals surface area contributed by atoms with Crippen LogP contribution < -0.4 is 20.5 Å². The van der Waals surface area contributed by atoms with Crippen LogP contribution in [0, 0.1) is 0 Å². The van der Waals surface area contributed by atoms with Gasteiger partial charge in [0, 0.05) is 24.4 Å². The van der Waals surface area contributed by atoms with E-state index in [2.05, 4.69) is 10.3 Å². The summed E-state index contributed by atoms with van der Waals surface area (Å²) >= 11 is 0. The number of pyridine rings is 1. The van der Waals surface area contributed by atoms with Crippen LogP contribution in [-0.2, 0) is 4.79 Å². The smallest absolute Gasteiger partial charge is 0.252 e. The summed E-state index contributed by atoms with van der Waals surface area (Å²) in [5.74, 6) is -0.0357. The van der Waals surface area contributed by atoms with E-state index in [1.54, 1.807) is 24.1 Å². The van der Waals surface area contributed by atoms with Crippen LogP contribution in [0.15, 0.2) is 47.4 Å². The van der Waals surface area contributed by atoms with Gasteiger partial charge in [-0.2, -0.15) is 0 Å². The highest BCUT2D eigenvalue weighted by molar-refractivity contribution is 6.04. The average Bonchev–Trinajstić information content (AvgIpc) is 2.95. The van der Waals surface area contributed by atoms with Gasteiger partial charge in [0.25, 0.3) is 5.91 Å². The van der Waals surface area contributed by atoms with E-state index in [0.717, 1.165) is 0 Å². The fraction of sp³-hybridized carbons (Fsp3) is 0.235. The zero-order valence-corrected chi connectivity index (χ0v) is 13.1. The number of H-pyrrole nitrogens is 1. The highest BCUT2D eigenvalue weighted by Crippen LogP contribution is 2.31. The van der Waals surface area contributed by atoms with E-state index in [4.69, 9.17) is 4.74 Å². The maximum absolute atomic E-state index is 12.6. The molecule has 7 nitrogen and oxygen atoms in total. The van der Waals surface area contributed by atoms with E-state index in [1.165, 1.54) is 18.3 Å². The number of hydrogen-bond donors (Lipinski definition) is 2. The zero-order chi connectivity index (χ0) is 17.1. The molecule has 124 valence electrons. The Hall–Kier alpha value is -3.09. The van der Waals surface area contributed by atoms with Gasteiger partial charge in [0.1, 0.15) is 11.8 Å². The minimum atomic E-state index is -0.623. The van der Waals surface area contributed by atoms with Crippen molar-refractivity contribution in [3.63, 3.8) is 0 Å². The molecule has 0 radical (unpaired) electrons. The second-order valence-corrected chi connectivity index (χ2v) is 5.42. The molecule has 0 aliphatic carbocycles. The Morgan fingerprint density at radius 2 is 2.08 bits per heavy atom. The zero-order valence-electron chi connectivity index (χ0n) is 13.1. The van der Waals surface area contributed by atoms with Gasteiger partial charge in [0.2, 0.25) is 11.5 Å². The van der Waals surface area contributed by atoms with E-state index < -0.39 is 11.9 Å². The summed E-state index contributed by atoms with van der Waals surface area (Å²) in [6.07, 6.45) is 1.89. The van der Waals surface area contributed by atoms with Crippen LogP contribution in [-0.4, -0.2) is 36.5 Å². The van der Waals surface area contributed by atoms with Crippen molar-refractivity contribution in [3.8, 4) is 5.75 Å². The highest BCUT2D eigenvalue weighted by atomic mass is 16.5.